The molecule has 0 unspecified atom stereocenters. The van der Waals surface area contributed by atoms with Crippen molar-refractivity contribution >= 4 is 23.3 Å². The molecule has 126 valence electrons. The van der Waals surface area contributed by atoms with Crippen LogP contribution in [0.25, 0.3) is 0 Å². The lowest BCUT2D eigenvalue weighted by atomic mass is 10.1. The van der Waals surface area contributed by atoms with Gasteiger partial charge in [-0.3, -0.25) is 4.79 Å². The number of nitrogens with two attached hydrogens (primary N) is 1. The Morgan fingerprint density at radius 1 is 1.35 bits per heavy atom. The van der Waals surface area contributed by atoms with E-state index in [-0.39, 0.29) is 12.0 Å². The first-order chi connectivity index (χ1) is 11.0. The number of nitrogens with one attached hydrogen (secondary N) is 2. The number of anilines is 2. The number of primary amides is 1. The first-order valence-electron chi connectivity index (χ1n) is 7.75. The van der Waals surface area contributed by atoms with Crippen LogP contribution in [-0.2, 0) is 14.3 Å². The van der Waals surface area contributed by atoms with Crippen LogP contribution < -0.4 is 16.4 Å². The second-order valence-electron chi connectivity index (χ2n) is 5.52. The molecule has 0 saturated carbocycles. The average Bonchev–Trinajstić information content (AvgIpc) is 2.53. The van der Waals surface area contributed by atoms with Crippen LogP contribution in [0.5, 0.6) is 0 Å². The average molecular weight is 321 g/mol. The van der Waals surface area contributed by atoms with E-state index >= 15 is 0 Å². The highest BCUT2D eigenvalue weighted by atomic mass is 16.5. The molecule has 1 aliphatic rings. The molecular weight excluding hydrogens is 298 g/mol. The minimum atomic E-state index is -0.655. The lowest BCUT2D eigenvalue weighted by Gasteiger charge is -2.23. The summed E-state index contributed by atoms with van der Waals surface area (Å²) in [7, 11) is 0. The van der Waals surface area contributed by atoms with Gasteiger partial charge in [0.25, 0.3) is 5.91 Å². The smallest absolute Gasteiger partial charge is 0.316 e. The molecule has 1 aliphatic heterocycles. The number of ether oxygens (including phenoxy) is 2. The summed E-state index contributed by atoms with van der Waals surface area (Å²) < 4.78 is 11.2. The summed E-state index contributed by atoms with van der Waals surface area (Å²) in [6.07, 6.45) is 2.67. The molecule has 1 saturated heterocycles. The maximum atomic E-state index is 12.1. The van der Waals surface area contributed by atoms with Crippen LogP contribution in [-0.4, -0.2) is 37.4 Å². The van der Waals surface area contributed by atoms with Crippen LogP contribution in [0.1, 0.15) is 26.2 Å². The van der Waals surface area contributed by atoms with Gasteiger partial charge in [0, 0.05) is 18.0 Å². The quantitative estimate of drug-likeness (QED) is 0.746. The predicted molar refractivity (Wildman–Crippen MR) is 87.3 cm³/mol. The molecule has 1 fully saturated rings. The highest BCUT2D eigenvalue weighted by molar-refractivity contribution is 5.95. The van der Waals surface area contributed by atoms with E-state index in [1.807, 2.05) is 0 Å². The SMILES string of the molecule is C[C@H](OC[C@H]1CCCCO1)C(=O)Nc1cccc(NC(N)=O)c1. The maximum absolute atomic E-state index is 12.1. The van der Waals surface area contributed by atoms with E-state index in [9.17, 15) is 9.59 Å². The lowest BCUT2D eigenvalue weighted by Crippen LogP contribution is -2.32. The number of amides is 3. The third kappa shape index (κ3) is 5.88. The largest absolute Gasteiger partial charge is 0.376 e. The molecule has 0 radical (unpaired) electrons. The highest BCUT2D eigenvalue weighted by Gasteiger charge is 2.19. The van der Waals surface area contributed by atoms with E-state index in [0.29, 0.717) is 18.0 Å². The van der Waals surface area contributed by atoms with E-state index in [4.69, 9.17) is 15.2 Å². The van der Waals surface area contributed by atoms with Crippen molar-refractivity contribution in [2.75, 3.05) is 23.8 Å². The molecule has 23 heavy (non-hydrogen) atoms. The number of hydrogen-bond acceptors (Lipinski definition) is 4. The third-order valence-corrected chi connectivity index (χ3v) is 3.57. The van der Waals surface area contributed by atoms with Crippen molar-refractivity contribution in [2.45, 2.75) is 38.4 Å². The van der Waals surface area contributed by atoms with Crippen LogP contribution in [0, 0.1) is 0 Å². The van der Waals surface area contributed by atoms with Crippen molar-refractivity contribution in [1.29, 1.82) is 0 Å². The second-order valence-corrected chi connectivity index (χ2v) is 5.52. The molecule has 7 nitrogen and oxygen atoms in total. The van der Waals surface area contributed by atoms with Crippen LogP contribution in [0.4, 0.5) is 16.2 Å². The fourth-order valence-corrected chi connectivity index (χ4v) is 2.33. The normalized spacial score (nSPS) is 18.9. The fraction of sp³-hybridized carbons (Fsp3) is 0.500. The Balaban J connectivity index is 1.81. The van der Waals surface area contributed by atoms with E-state index in [1.165, 1.54) is 0 Å². The van der Waals surface area contributed by atoms with Crippen molar-refractivity contribution in [3.8, 4) is 0 Å². The zero-order valence-corrected chi connectivity index (χ0v) is 13.2. The van der Waals surface area contributed by atoms with Gasteiger partial charge in [-0.15, -0.1) is 0 Å². The maximum Gasteiger partial charge on any atom is 0.316 e. The van der Waals surface area contributed by atoms with Crippen LogP contribution in [0.3, 0.4) is 0 Å². The number of benzene rings is 1. The summed E-state index contributed by atoms with van der Waals surface area (Å²) in [5.74, 6) is -0.253. The van der Waals surface area contributed by atoms with Gasteiger partial charge < -0.3 is 25.8 Å². The second kappa shape index (κ2) is 8.50. The zero-order valence-electron chi connectivity index (χ0n) is 13.2. The molecule has 7 heteroatoms. The van der Waals surface area contributed by atoms with E-state index in [0.717, 1.165) is 25.9 Å². The van der Waals surface area contributed by atoms with Gasteiger partial charge in [-0.25, -0.2) is 4.79 Å². The van der Waals surface area contributed by atoms with Gasteiger partial charge in [0.2, 0.25) is 0 Å². The molecule has 1 aromatic rings. The molecule has 0 spiro atoms. The number of carbonyl (C=O) groups excluding carboxylic acids is 2. The monoisotopic (exact) mass is 321 g/mol. The molecule has 1 heterocycles. The van der Waals surface area contributed by atoms with Gasteiger partial charge in [0.1, 0.15) is 6.10 Å². The van der Waals surface area contributed by atoms with Crippen LogP contribution in [0.15, 0.2) is 24.3 Å². The Hall–Kier alpha value is -2.12. The summed E-state index contributed by atoms with van der Waals surface area (Å²) in [4.78, 5) is 23.0. The summed E-state index contributed by atoms with van der Waals surface area (Å²) >= 11 is 0. The number of carbonyl (C=O) groups is 2. The topological polar surface area (TPSA) is 103 Å². The fourth-order valence-electron chi connectivity index (χ4n) is 2.33. The predicted octanol–water partition coefficient (Wildman–Crippen LogP) is 2.09. The van der Waals surface area contributed by atoms with Gasteiger partial charge in [-0.05, 0) is 44.4 Å². The Kier molecular flexibility index (Phi) is 6.37. The summed E-state index contributed by atoms with van der Waals surface area (Å²) in [6.45, 7) is 2.87. The number of hydrogen-bond donors (Lipinski definition) is 3. The van der Waals surface area contributed by atoms with E-state index in [1.54, 1.807) is 31.2 Å². The zero-order chi connectivity index (χ0) is 16.7. The molecule has 1 aromatic carbocycles. The van der Waals surface area contributed by atoms with Gasteiger partial charge in [0.15, 0.2) is 0 Å². The Bertz CT molecular complexity index is 544. The molecule has 3 amide bonds. The van der Waals surface area contributed by atoms with Gasteiger partial charge >= 0.3 is 6.03 Å². The number of rotatable bonds is 6. The molecule has 0 bridgehead atoms. The van der Waals surface area contributed by atoms with Crippen molar-refractivity contribution in [3.63, 3.8) is 0 Å². The summed E-state index contributed by atoms with van der Waals surface area (Å²) in [5.41, 5.74) is 6.14. The first-order valence-corrected chi connectivity index (χ1v) is 7.75. The van der Waals surface area contributed by atoms with Crippen molar-refractivity contribution in [1.82, 2.24) is 0 Å². The lowest BCUT2D eigenvalue weighted by molar-refractivity contribution is -0.130. The summed E-state index contributed by atoms with van der Waals surface area (Å²) in [6, 6.07) is 6.08. The highest BCUT2D eigenvalue weighted by Crippen LogP contribution is 2.16. The van der Waals surface area contributed by atoms with E-state index < -0.39 is 12.1 Å². The standard InChI is InChI=1S/C16H23N3O4/c1-11(23-10-14-7-2-3-8-22-14)15(20)18-12-5-4-6-13(9-12)19-16(17)21/h4-6,9,11,14H,2-3,7-8,10H2,1H3,(H,18,20)(H3,17,19,21)/t11-,14+/m0/s1. The van der Waals surface area contributed by atoms with Gasteiger partial charge in [-0.2, -0.15) is 0 Å². The van der Waals surface area contributed by atoms with Gasteiger partial charge in [-0.1, -0.05) is 6.07 Å². The first kappa shape index (κ1) is 17.2. The minimum absolute atomic E-state index is 0.0714. The molecular formula is C16H23N3O4. The number of urea groups is 1. The van der Waals surface area contributed by atoms with Crippen molar-refractivity contribution in [3.05, 3.63) is 24.3 Å². The third-order valence-electron chi connectivity index (χ3n) is 3.57. The molecule has 2 atom stereocenters. The molecule has 0 aliphatic carbocycles. The Labute approximate surface area is 135 Å². The Morgan fingerprint density at radius 3 is 2.74 bits per heavy atom. The molecule has 0 aromatic heterocycles. The van der Waals surface area contributed by atoms with Gasteiger partial charge in [0.05, 0.1) is 12.7 Å². The molecule has 4 N–H and O–H groups in total. The summed E-state index contributed by atoms with van der Waals surface area (Å²) in [5, 5.41) is 5.20. The van der Waals surface area contributed by atoms with E-state index in [2.05, 4.69) is 10.6 Å². The minimum Gasteiger partial charge on any atom is -0.376 e. The van der Waals surface area contributed by atoms with Crippen molar-refractivity contribution < 1.29 is 19.1 Å². The van der Waals surface area contributed by atoms with Crippen LogP contribution >= 0.6 is 0 Å². The Morgan fingerprint density at radius 2 is 2.09 bits per heavy atom. The van der Waals surface area contributed by atoms with Crippen molar-refractivity contribution in [2.24, 2.45) is 5.73 Å². The molecule has 2 rings (SSSR count). The van der Waals surface area contributed by atoms with Crippen LogP contribution in [0.2, 0.25) is 0 Å².